The number of benzene rings is 1. The van der Waals surface area contributed by atoms with Crippen LogP contribution in [0, 0.1) is 0 Å². The lowest BCUT2D eigenvalue weighted by molar-refractivity contribution is -0.00619. The lowest BCUT2D eigenvalue weighted by atomic mass is 10.0. The summed E-state index contributed by atoms with van der Waals surface area (Å²) in [4.78, 5) is 4.58. The monoisotopic (exact) mass is 342 g/mol. The molecule has 0 bridgehead atoms. The molecule has 2 heterocycles. The highest BCUT2D eigenvalue weighted by Crippen LogP contribution is 2.29. The molecule has 0 saturated carbocycles. The molecule has 0 spiro atoms. The second-order valence-corrected chi connectivity index (χ2v) is 6.62. The van der Waals surface area contributed by atoms with Gasteiger partial charge in [-0.05, 0) is 18.2 Å². The van der Waals surface area contributed by atoms with Gasteiger partial charge in [0, 0.05) is 31.2 Å². The zero-order valence-electron chi connectivity index (χ0n) is 10.6. The highest BCUT2D eigenvalue weighted by atomic mass is 79.9. The maximum absolute atomic E-state index is 5.60. The van der Waals surface area contributed by atoms with E-state index in [1.165, 1.54) is 4.70 Å². The minimum Gasteiger partial charge on any atom is -0.378 e. The molecule has 1 fully saturated rings. The van der Waals surface area contributed by atoms with Crippen LogP contribution in [0.2, 0.25) is 0 Å². The summed E-state index contributed by atoms with van der Waals surface area (Å²) in [5, 5.41) is 4.30. The number of rotatable bonds is 4. The summed E-state index contributed by atoms with van der Waals surface area (Å²) in [6.07, 6.45) is 0.924. The van der Waals surface area contributed by atoms with Crippen molar-refractivity contribution in [2.75, 3.05) is 32.2 Å². The van der Waals surface area contributed by atoms with E-state index in [0.717, 1.165) is 34.7 Å². The van der Waals surface area contributed by atoms with Gasteiger partial charge in [-0.2, -0.15) is 0 Å². The number of aromatic nitrogens is 1. The first kappa shape index (κ1) is 13.3. The van der Waals surface area contributed by atoms with Crippen LogP contribution in [0.15, 0.2) is 22.7 Å². The molecule has 3 rings (SSSR count). The molecule has 1 unspecified atom stereocenters. The maximum Gasteiger partial charge on any atom is 0.183 e. The molecule has 1 aromatic carbocycles. The van der Waals surface area contributed by atoms with E-state index in [4.69, 9.17) is 9.47 Å². The van der Waals surface area contributed by atoms with Crippen LogP contribution in [0.5, 0.6) is 0 Å². The fourth-order valence-electron chi connectivity index (χ4n) is 2.17. The van der Waals surface area contributed by atoms with E-state index in [9.17, 15) is 0 Å². The van der Waals surface area contributed by atoms with Crippen molar-refractivity contribution in [2.45, 2.75) is 12.0 Å². The summed E-state index contributed by atoms with van der Waals surface area (Å²) in [5.74, 6) is 0. The first-order chi connectivity index (χ1) is 9.21. The number of hydrogen-bond acceptors (Lipinski definition) is 5. The molecule has 1 N–H and O–H groups in total. The van der Waals surface area contributed by atoms with Crippen LogP contribution in [0.3, 0.4) is 0 Å². The quantitative estimate of drug-likeness (QED) is 0.925. The van der Waals surface area contributed by atoms with Gasteiger partial charge in [0.05, 0.1) is 16.8 Å². The number of nitrogens with one attached hydrogen (secondary N) is 1. The predicted molar refractivity (Wildman–Crippen MR) is 81.0 cm³/mol. The minimum atomic E-state index is -0.210. The Hall–Kier alpha value is -0.690. The van der Waals surface area contributed by atoms with Crippen molar-refractivity contribution in [3.63, 3.8) is 0 Å². The molecule has 0 amide bonds. The van der Waals surface area contributed by atoms with Crippen molar-refractivity contribution in [2.24, 2.45) is 0 Å². The van der Waals surface area contributed by atoms with E-state index in [-0.39, 0.29) is 5.60 Å². The summed E-state index contributed by atoms with van der Waals surface area (Å²) in [6.45, 7) is 2.14. The minimum absolute atomic E-state index is 0.210. The van der Waals surface area contributed by atoms with Gasteiger partial charge in [-0.3, -0.25) is 0 Å². The summed E-state index contributed by atoms with van der Waals surface area (Å²) >= 11 is 5.12. The number of ether oxygens (including phenoxy) is 2. The van der Waals surface area contributed by atoms with Gasteiger partial charge in [-0.15, -0.1) is 0 Å². The topological polar surface area (TPSA) is 43.4 Å². The summed E-state index contributed by atoms with van der Waals surface area (Å²) in [5.41, 5.74) is 0.800. The van der Waals surface area contributed by atoms with Gasteiger partial charge in [0.15, 0.2) is 5.13 Å². The van der Waals surface area contributed by atoms with Crippen molar-refractivity contribution in [1.29, 1.82) is 0 Å². The number of thiazole rings is 1. The van der Waals surface area contributed by atoms with Crippen LogP contribution in [0.25, 0.3) is 10.2 Å². The average molecular weight is 343 g/mol. The van der Waals surface area contributed by atoms with Crippen molar-refractivity contribution in [3.05, 3.63) is 22.7 Å². The van der Waals surface area contributed by atoms with E-state index < -0.39 is 0 Å². The normalized spacial score (nSPS) is 23.1. The Balaban J connectivity index is 1.74. The largest absolute Gasteiger partial charge is 0.378 e. The Labute approximate surface area is 124 Å². The molecule has 0 aliphatic carbocycles. The van der Waals surface area contributed by atoms with E-state index in [0.29, 0.717) is 6.61 Å². The molecule has 2 aromatic rings. The van der Waals surface area contributed by atoms with Crippen molar-refractivity contribution < 1.29 is 9.47 Å². The van der Waals surface area contributed by atoms with Crippen molar-refractivity contribution >= 4 is 42.6 Å². The Morgan fingerprint density at radius 2 is 2.47 bits per heavy atom. The van der Waals surface area contributed by atoms with Crippen LogP contribution in [-0.2, 0) is 9.47 Å². The Morgan fingerprint density at radius 1 is 1.58 bits per heavy atom. The second-order valence-electron chi connectivity index (χ2n) is 4.67. The summed E-state index contributed by atoms with van der Waals surface area (Å²) in [6, 6.07) is 6.14. The maximum atomic E-state index is 5.60. The Bertz CT molecular complexity index is 581. The molecule has 102 valence electrons. The molecule has 1 aromatic heterocycles. The Morgan fingerprint density at radius 3 is 3.21 bits per heavy atom. The third-order valence-electron chi connectivity index (χ3n) is 3.41. The second kappa shape index (κ2) is 5.36. The van der Waals surface area contributed by atoms with Crippen LogP contribution < -0.4 is 5.32 Å². The molecule has 0 radical (unpaired) electrons. The lowest BCUT2D eigenvalue weighted by Crippen LogP contribution is -2.39. The third kappa shape index (κ3) is 2.76. The molecular formula is C13H15BrN2O2S. The summed E-state index contributed by atoms with van der Waals surface area (Å²) < 4.78 is 13.3. The number of fused-ring (bicyclic) bond motifs is 1. The first-order valence-corrected chi connectivity index (χ1v) is 7.75. The number of halogens is 1. The fraction of sp³-hybridized carbons (Fsp3) is 0.462. The van der Waals surface area contributed by atoms with Crippen LogP contribution in [0.1, 0.15) is 6.42 Å². The summed E-state index contributed by atoms with van der Waals surface area (Å²) in [7, 11) is 1.74. The SMILES string of the molecule is COC1(CNc2nc3cc(Br)ccc3s2)CCOC1. The van der Waals surface area contributed by atoms with Crippen LogP contribution >= 0.6 is 27.3 Å². The van der Waals surface area contributed by atoms with Crippen LogP contribution in [-0.4, -0.2) is 37.5 Å². The first-order valence-electron chi connectivity index (χ1n) is 6.14. The molecule has 1 saturated heterocycles. The van der Waals surface area contributed by atoms with Crippen LogP contribution in [0.4, 0.5) is 5.13 Å². The van der Waals surface area contributed by atoms with Gasteiger partial charge >= 0.3 is 0 Å². The van der Waals surface area contributed by atoms with Gasteiger partial charge < -0.3 is 14.8 Å². The number of nitrogens with zero attached hydrogens (tertiary/aromatic N) is 1. The van der Waals surface area contributed by atoms with E-state index in [2.05, 4.69) is 32.3 Å². The molecule has 4 nitrogen and oxygen atoms in total. The third-order valence-corrected chi connectivity index (χ3v) is 4.90. The molecule has 6 heteroatoms. The number of anilines is 1. The highest BCUT2D eigenvalue weighted by Gasteiger charge is 2.34. The average Bonchev–Trinajstić information content (AvgIpc) is 3.02. The van der Waals surface area contributed by atoms with Crippen molar-refractivity contribution in [3.8, 4) is 0 Å². The van der Waals surface area contributed by atoms with Gasteiger partial charge in [-0.25, -0.2) is 4.98 Å². The van der Waals surface area contributed by atoms with Gasteiger partial charge in [-0.1, -0.05) is 27.3 Å². The predicted octanol–water partition coefficient (Wildman–Crippen LogP) is 3.28. The van der Waals surface area contributed by atoms with E-state index in [1.807, 2.05) is 12.1 Å². The lowest BCUT2D eigenvalue weighted by Gasteiger charge is -2.25. The molecule has 1 atom stereocenters. The van der Waals surface area contributed by atoms with E-state index >= 15 is 0 Å². The standard InChI is InChI=1S/C13H15BrN2O2S/c1-17-13(4-5-18-8-13)7-15-12-16-10-6-9(14)2-3-11(10)19-12/h2-3,6H,4-5,7-8H2,1H3,(H,15,16). The van der Waals surface area contributed by atoms with E-state index in [1.54, 1.807) is 18.4 Å². The van der Waals surface area contributed by atoms with Crippen molar-refractivity contribution in [1.82, 2.24) is 4.98 Å². The molecular weight excluding hydrogens is 328 g/mol. The number of hydrogen-bond donors (Lipinski definition) is 1. The van der Waals surface area contributed by atoms with Gasteiger partial charge in [0.1, 0.15) is 5.60 Å². The zero-order valence-corrected chi connectivity index (χ0v) is 13.0. The highest BCUT2D eigenvalue weighted by molar-refractivity contribution is 9.10. The number of methoxy groups -OCH3 is 1. The smallest absolute Gasteiger partial charge is 0.183 e. The van der Waals surface area contributed by atoms with Gasteiger partial charge in [0.25, 0.3) is 0 Å². The molecule has 1 aliphatic heterocycles. The molecule has 19 heavy (non-hydrogen) atoms. The molecule has 1 aliphatic rings. The van der Waals surface area contributed by atoms with Gasteiger partial charge in [0.2, 0.25) is 0 Å². The zero-order chi connectivity index (χ0) is 13.3. The Kier molecular flexibility index (Phi) is 3.75. The fourth-order valence-corrected chi connectivity index (χ4v) is 3.36.